The number of ether oxygens (including phenoxy) is 2. The number of nitrogens with one attached hydrogen (secondary N) is 3. The maximum Gasteiger partial charge on any atom is 0.286 e. The average molecular weight is 681 g/mol. The van der Waals surface area contributed by atoms with Crippen LogP contribution in [0, 0.1) is 10.7 Å². The summed E-state index contributed by atoms with van der Waals surface area (Å²) in [5, 5.41) is 1.70. The molecule has 11 heteroatoms. The molecular weight excluding hydrogens is 633 g/mol. The Bertz CT molecular complexity index is 1560. The van der Waals surface area contributed by atoms with Gasteiger partial charge in [-0.2, -0.15) is 0 Å². The summed E-state index contributed by atoms with van der Waals surface area (Å²) in [5.74, 6) is 1.40. The lowest BCUT2D eigenvalue weighted by Crippen LogP contribution is -2.53. The van der Waals surface area contributed by atoms with Crippen LogP contribution >= 0.6 is 24.0 Å². The summed E-state index contributed by atoms with van der Waals surface area (Å²) in [6.45, 7) is 11.5. The molecule has 0 radical (unpaired) electrons. The largest absolute Gasteiger partial charge is 0.493 e. The Morgan fingerprint density at radius 1 is 0.979 bits per heavy atom. The summed E-state index contributed by atoms with van der Waals surface area (Å²) in [6.07, 6.45) is 11.4. The van der Waals surface area contributed by atoms with Crippen LogP contribution in [0.3, 0.4) is 0 Å². The van der Waals surface area contributed by atoms with Crippen LogP contribution in [-0.2, 0) is 35.2 Å². The summed E-state index contributed by atoms with van der Waals surface area (Å²) in [7, 11) is 0. The van der Waals surface area contributed by atoms with Crippen molar-refractivity contribution >= 4 is 35.1 Å². The van der Waals surface area contributed by atoms with E-state index in [4.69, 9.17) is 21.7 Å². The zero-order valence-electron chi connectivity index (χ0n) is 28.1. The lowest BCUT2D eigenvalue weighted by atomic mass is 9.69. The van der Waals surface area contributed by atoms with E-state index in [1.54, 1.807) is 6.07 Å². The van der Waals surface area contributed by atoms with E-state index in [0.29, 0.717) is 17.8 Å². The number of carbonyl (C=O) groups excluding carboxylic acids is 2. The summed E-state index contributed by atoms with van der Waals surface area (Å²) in [6, 6.07) is 13.3. The molecule has 3 aliphatic heterocycles. The zero-order valence-corrected chi connectivity index (χ0v) is 29.8. The predicted octanol–water partition coefficient (Wildman–Crippen LogP) is 7.29. The van der Waals surface area contributed by atoms with E-state index in [1.165, 1.54) is 31.2 Å². The van der Waals surface area contributed by atoms with Gasteiger partial charge in [0.2, 0.25) is 5.91 Å². The Morgan fingerprint density at radius 2 is 1.68 bits per heavy atom. The van der Waals surface area contributed by atoms with Gasteiger partial charge in [0.25, 0.3) is 10.8 Å². The van der Waals surface area contributed by atoms with Crippen molar-refractivity contribution in [3.05, 3.63) is 86.3 Å². The van der Waals surface area contributed by atoms with Gasteiger partial charge in [-0.05, 0) is 113 Å². The van der Waals surface area contributed by atoms with Crippen molar-refractivity contribution < 1.29 is 19.1 Å². The maximum atomic E-state index is 11.6. The highest BCUT2D eigenvalue weighted by atomic mass is 32.2. The number of thioether (sulfide) groups is 1. The van der Waals surface area contributed by atoms with E-state index in [1.807, 2.05) is 36.5 Å². The number of pyridine rings is 1. The lowest BCUT2D eigenvalue weighted by molar-refractivity contribution is -0.229. The molecule has 254 valence electrons. The van der Waals surface area contributed by atoms with Gasteiger partial charge < -0.3 is 14.5 Å². The van der Waals surface area contributed by atoms with Crippen molar-refractivity contribution in [1.82, 2.24) is 20.3 Å². The Morgan fingerprint density at radius 3 is 2.19 bits per heavy atom. The second-order valence-corrected chi connectivity index (χ2v) is 14.7. The van der Waals surface area contributed by atoms with Crippen LogP contribution in [0.4, 0.5) is 4.79 Å². The summed E-state index contributed by atoms with van der Waals surface area (Å²) in [5.41, 5.74) is 4.41. The molecule has 3 N–H and O–H groups in total. The molecule has 3 aromatic rings. The van der Waals surface area contributed by atoms with Gasteiger partial charge in [0, 0.05) is 30.1 Å². The second-order valence-electron chi connectivity index (χ2n) is 13.1. The van der Waals surface area contributed by atoms with Gasteiger partial charge >= 0.3 is 0 Å². The minimum absolute atomic E-state index is 0.128. The van der Waals surface area contributed by atoms with Crippen LogP contribution in [0.2, 0.25) is 0 Å². The van der Waals surface area contributed by atoms with E-state index in [2.05, 4.69) is 61.0 Å². The summed E-state index contributed by atoms with van der Waals surface area (Å²) < 4.78 is 12.2. The number of H-pyrrole nitrogens is 2. The van der Waals surface area contributed by atoms with Crippen LogP contribution in [-0.4, -0.2) is 49.2 Å². The third-order valence-corrected chi connectivity index (χ3v) is 10.1. The number of aromatic amines is 2. The number of nitrogens with zero attached hydrogens (tertiary/aromatic N) is 1. The Labute approximate surface area is 287 Å². The van der Waals surface area contributed by atoms with Gasteiger partial charge in [0.05, 0.1) is 23.1 Å². The number of imide groups is 1. The van der Waals surface area contributed by atoms with Gasteiger partial charge in [-0.3, -0.25) is 29.7 Å². The quantitative estimate of drug-likeness (QED) is 0.201. The molecule has 1 atom stereocenters. The van der Waals surface area contributed by atoms with E-state index in [-0.39, 0.29) is 33.2 Å². The number of aryl methyl sites for hydroxylation is 2. The fourth-order valence-corrected chi connectivity index (χ4v) is 7.31. The maximum absolute atomic E-state index is 11.6. The van der Waals surface area contributed by atoms with Gasteiger partial charge in [-0.25, -0.2) is 0 Å². The van der Waals surface area contributed by atoms with Gasteiger partial charge in [-0.1, -0.05) is 50.2 Å². The topological polar surface area (TPSA) is 126 Å². The molecule has 2 bridgehead atoms. The number of benzene rings is 1. The fraction of sp³-hybridized carbons (Fsp3) is 0.528. The third kappa shape index (κ3) is 11.1. The molecule has 9 nitrogen and oxygen atoms in total. The molecule has 1 saturated carbocycles. The monoisotopic (exact) mass is 680 g/mol. The molecule has 47 heavy (non-hydrogen) atoms. The van der Waals surface area contributed by atoms with Crippen molar-refractivity contribution in [1.29, 1.82) is 0 Å². The first kappa shape index (κ1) is 36.6. The van der Waals surface area contributed by atoms with E-state index in [9.17, 15) is 14.4 Å². The number of rotatable bonds is 9. The van der Waals surface area contributed by atoms with E-state index in [0.717, 1.165) is 66.1 Å². The SMILES string of the molecule is CC12CCC(CC1)C(C)(C)O2.CCCc1cc(=O)[nH]c(=S)[nH]1.CCc1ccc(CCOc2ccc(CC3SC(=O)NC3=O)cc2)nc1. The van der Waals surface area contributed by atoms with Crippen LogP contribution in [0.25, 0.3) is 0 Å². The Balaban J connectivity index is 0.000000187. The molecule has 5 heterocycles. The number of fused-ring (bicyclic) bond motifs is 3. The molecule has 0 spiro atoms. The number of hydrogen-bond acceptors (Lipinski definition) is 8. The van der Waals surface area contributed by atoms with Gasteiger partial charge in [0.1, 0.15) is 5.75 Å². The Kier molecular flexibility index (Phi) is 13.0. The average Bonchev–Trinajstić information content (AvgIpc) is 3.34. The number of carbonyl (C=O) groups is 2. The highest BCUT2D eigenvalue weighted by Crippen LogP contribution is 2.49. The third-order valence-electron chi connectivity index (χ3n) is 8.90. The standard InChI is InChI=1S/C19H20N2O3S.C10H18O.C7H10N2OS/c1-2-13-3-6-15(20-12-13)9-10-24-16-7-4-14(5-8-16)11-17-18(22)21-19(23)25-17;1-9(2)8-4-6-10(3,11-9)7-5-8;1-2-3-5-4-6(10)9-7(11)8-5/h3-8,12,17H,2,9-11H2,1H3,(H,21,22,23);8H,4-7H2,1-3H3;4H,2-3H2,1H3,(H2,8,9,10,11). The highest BCUT2D eigenvalue weighted by Gasteiger charge is 2.48. The molecule has 1 aromatic carbocycles. The summed E-state index contributed by atoms with van der Waals surface area (Å²) >= 11 is 5.84. The molecule has 1 aliphatic carbocycles. The van der Waals surface area contributed by atoms with Crippen molar-refractivity contribution in [3.63, 3.8) is 0 Å². The first-order valence-electron chi connectivity index (χ1n) is 16.6. The van der Waals surface area contributed by atoms with Crippen molar-refractivity contribution in [2.75, 3.05) is 6.61 Å². The van der Waals surface area contributed by atoms with Gasteiger partial charge in [-0.15, -0.1) is 0 Å². The first-order valence-corrected chi connectivity index (χ1v) is 17.9. The van der Waals surface area contributed by atoms with Gasteiger partial charge in [0.15, 0.2) is 4.77 Å². The molecular formula is C36H48N4O5S2. The smallest absolute Gasteiger partial charge is 0.286 e. The van der Waals surface area contributed by atoms with Crippen molar-refractivity contribution in [3.8, 4) is 5.75 Å². The van der Waals surface area contributed by atoms with E-state index >= 15 is 0 Å². The number of aromatic nitrogens is 3. The van der Waals surface area contributed by atoms with E-state index < -0.39 is 0 Å². The minimum atomic E-state index is -0.337. The number of amides is 2. The van der Waals surface area contributed by atoms with Crippen LogP contribution in [0.1, 0.15) is 89.2 Å². The molecule has 4 aliphatic rings. The fourth-order valence-electron chi connectivity index (χ4n) is 6.22. The molecule has 7 rings (SSSR count). The van der Waals surface area contributed by atoms with Crippen LogP contribution < -0.4 is 15.6 Å². The van der Waals surface area contributed by atoms with Crippen LogP contribution in [0.15, 0.2) is 53.5 Å². The predicted molar refractivity (Wildman–Crippen MR) is 190 cm³/mol. The molecule has 4 fully saturated rings. The molecule has 3 saturated heterocycles. The Hall–Kier alpha value is -3.28. The highest BCUT2D eigenvalue weighted by molar-refractivity contribution is 8.15. The normalized spacial score (nSPS) is 22.4. The lowest BCUT2D eigenvalue weighted by Gasteiger charge is -2.54. The summed E-state index contributed by atoms with van der Waals surface area (Å²) in [4.78, 5) is 43.4. The molecule has 2 aromatic heterocycles. The van der Waals surface area contributed by atoms with Crippen molar-refractivity contribution in [2.24, 2.45) is 5.92 Å². The van der Waals surface area contributed by atoms with Crippen molar-refractivity contribution in [2.45, 2.75) is 109 Å². The zero-order chi connectivity index (χ0) is 34.0. The molecule has 1 unspecified atom stereocenters. The minimum Gasteiger partial charge on any atom is -0.493 e. The van der Waals surface area contributed by atoms with Crippen LogP contribution in [0.5, 0.6) is 5.75 Å². The number of hydrogen-bond donors (Lipinski definition) is 3. The molecule has 2 amide bonds. The second kappa shape index (κ2) is 16.7. The first-order chi connectivity index (χ1) is 22.4.